The second-order valence-electron chi connectivity index (χ2n) is 6.28. The first-order chi connectivity index (χ1) is 12.9. The van der Waals surface area contributed by atoms with Crippen LogP contribution >= 0.6 is 11.6 Å². The number of fused-ring (bicyclic) bond motifs is 1. The molecule has 0 unspecified atom stereocenters. The van der Waals surface area contributed by atoms with Gasteiger partial charge in [-0.15, -0.1) is 5.10 Å². The maximum absolute atomic E-state index is 12.0. The molecule has 1 aromatic heterocycles. The number of rotatable bonds is 6. The minimum Gasteiger partial charge on any atom is -0.484 e. The molecule has 0 saturated heterocycles. The monoisotopic (exact) mass is 385 g/mol. The van der Waals surface area contributed by atoms with E-state index in [2.05, 4.69) is 20.8 Å². The van der Waals surface area contributed by atoms with Gasteiger partial charge in [0.15, 0.2) is 6.61 Å². The number of aryl methyl sites for hydroxylation is 2. The van der Waals surface area contributed by atoms with Gasteiger partial charge in [-0.05, 0) is 56.2 Å². The van der Waals surface area contributed by atoms with E-state index in [1.165, 1.54) is 0 Å². The molecule has 0 radical (unpaired) electrons. The molecule has 0 aliphatic carbocycles. The third-order valence-electron chi connectivity index (χ3n) is 3.95. The molecule has 0 saturated carbocycles. The summed E-state index contributed by atoms with van der Waals surface area (Å²) >= 11 is 6.13. The largest absolute Gasteiger partial charge is 0.484 e. The zero-order valence-electron chi connectivity index (χ0n) is 15.4. The number of hydrazone groups is 1. The third kappa shape index (κ3) is 4.62. The van der Waals surface area contributed by atoms with Crippen LogP contribution in [0.5, 0.6) is 5.75 Å². The normalized spacial score (nSPS) is 11.6. The zero-order chi connectivity index (χ0) is 19.4. The Kier molecular flexibility index (Phi) is 5.71. The molecule has 1 amide bonds. The van der Waals surface area contributed by atoms with Gasteiger partial charge in [0, 0.05) is 5.02 Å². The number of nitrogens with one attached hydrogen (secondary N) is 1. The van der Waals surface area contributed by atoms with Gasteiger partial charge < -0.3 is 4.74 Å². The Morgan fingerprint density at radius 1 is 1.26 bits per heavy atom. The third-order valence-corrected chi connectivity index (χ3v) is 4.55. The molecule has 27 heavy (non-hydrogen) atoms. The van der Waals surface area contributed by atoms with Crippen LogP contribution in [0, 0.1) is 13.8 Å². The zero-order valence-corrected chi connectivity index (χ0v) is 16.1. The molecule has 0 spiro atoms. The highest BCUT2D eigenvalue weighted by Crippen LogP contribution is 2.25. The van der Waals surface area contributed by atoms with Crippen LogP contribution in [0.3, 0.4) is 0 Å². The first kappa shape index (κ1) is 18.8. The summed E-state index contributed by atoms with van der Waals surface area (Å²) in [7, 11) is 0. The summed E-state index contributed by atoms with van der Waals surface area (Å²) in [5, 5.41) is 13.0. The lowest BCUT2D eigenvalue weighted by atomic mass is 10.1. The molecular weight excluding hydrogens is 366 g/mol. The van der Waals surface area contributed by atoms with Gasteiger partial charge in [-0.1, -0.05) is 28.9 Å². The van der Waals surface area contributed by atoms with E-state index >= 15 is 0 Å². The molecule has 0 atom stereocenters. The second-order valence-corrected chi connectivity index (χ2v) is 6.66. The molecule has 1 heterocycles. The van der Waals surface area contributed by atoms with Gasteiger partial charge in [0.05, 0.1) is 17.8 Å². The van der Waals surface area contributed by atoms with Gasteiger partial charge >= 0.3 is 0 Å². The molecule has 2 aromatic carbocycles. The Bertz CT molecular complexity index is 989. The first-order valence-electron chi connectivity index (χ1n) is 8.44. The van der Waals surface area contributed by atoms with E-state index in [4.69, 9.17) is 16.3 Å². The van der Waals surface area contributed by atoms with E-state index in [1.54, 1.807) is 16.8 Å². The van der Waals surface area contributed by atoms with Gasteiger partial charge in [-0.3, -0.25) is 4.79 Å². The van der Waals surface area contributed by atoms with Gasteiger partial charge in [-0.2, -0.15) is 5.10 Å². The number of para-hydroxylation sites is 1. The van der Waals surface area contributed by atoms with Crippen LogP contribution in [0.15, 0.2) is 41.5 Å². The Hall–Kier alpha value is -2.93. The minimum absolute atomic E-state index is 0.135. The number of hydrogen-bond acceptors (Lipinski definition) is 5. The summed E-state index contributed by atoms with van der Waals surface area (Å²) in [4.78, 5) is 12.0. The van der Waals surface area contributed by atoms with Crippen molar-refractivity contribution in [2.24, 2.45) is 5.10 Å². The first-order valence-corrected chi connectivity index (χ1v) is 8.81. The van der Waals surface area contributed by atoms with Crippen molar-refractivity contribution in [1.29, 1.82) is 0 Å². The Morgan fingerprint density at radius 2 is 1.96 bits per heavy atom. The standard InChI is InChI=1S/C19H20ClN5O2/c1-12-8-15(9-13(2)19(12)20)27-11-18(26)23-21-14(3)10-25-17-7-5-4-6-16(17)22-24-25/h4-9H,10-11H2,1-3H3,(H,23,26)/b21-14-. The van der Waals surface area contributed by atoms with Crippen LogP contribution in [-0.4, -0.2) is 33.2 Å². The number of aromatic nitrogens is 3. The van der Waals surface area contributed by atoms with Crippen LogP contribution in [0.25, 0.3) is 11.0 Å². The van der Waals surface area contributed by atoms with Crippen LogP contribution in [0.4, 0.5) is 0 Å². The Morgan fingerprint density at radius 3 is 2.70 bits per heavy atom. The second kappa shape index (κ2) is 8.18. The van der Waals surface area contributed by atoms with Crippen molar-refractivity contribution in [3.05, 3.63) is 52.5 Å². The van der Waals surface area contributed by atoms with Crippen molar-refractivity contribution in [3.8, 4) is 5.75 Å². The van der Waals surface area contributed by atoms with Crippen molar-refractivity contribution in [2.75, 3.05) is 6.61 Å². The summed E-state index contributed by atoms with van der Waals surface area (Å²) in [6.45, 7) is 5.89. The lowest BCUT2D eigenvalue weighted by Gasteiger charge is -2.09. The van der Waals surface area contributed by atoms with Crippen molar-refractivity contribution in [2.45, 2.75) is 27.3 Å². The number of hydrogen-bond donors (Lipinski definition) is 1. The Labute approximate surface area is 162 Å². The number of ether oxygens (including phenoxy) is 1. The summed E-state index contributed by atoms with van der Waals surface area (Å²) in [5.41, 5.74) is 6.72. The van der Waals surface area contributed by atoms with Gasteiger partial charge in [0.1, 0.15) is 11.3 Å². The van der Waals surface area contributed by atoms with E-state index in [-0.39, 0.29) is 12.5 Å². The average molecular weight is 386 g/mol. The van der Waals surface area contributed by atoms with Crippen LogP contribution in [0.2, 0.25) is 5.02 Å². The lowest BCUT2D eigenvalue weighted by Crippen LogP contribution is -2.26. The Balaban J connectivity index is 1.55. The maximum Gasteiger partial charge on any atom is 0.277 e. The van der Waals surface area contributed by atoms with Gasteiger partial charge in [-0.25, -0.2) is 10.1 Å². The molecule has 0 aliphatic rings. The highest BCUT2D eigenvalue weighted by Gasteiger charge is 2.07. The van der Waals surface area contributed by atoms with Crippen LogP contribution < -0.4 is 10.2 Å². The summed E-state index contributed by atoms with van der Waals surface area (Å²) in [6, 6.07) is 11.3. The number of halogens is 1. The smallest absolute Gasteiger partial charge is 0.277 e. The predicted octanol–water partition coefficient (Wildman–Crippen LogP) is 3.27. The molecule has 8 heteroatoms. The number of benzene rings is 2. The number of amides is 1. The minimum atomic E-state index is -0.344. The molecular formula is C19H20ClN5O2. The fourth-order valence-electron chi connectivity index (χ4n) is 2.61. The van der Waals surface area contributed by atoms with Crippen molar-refractivity contribution in [1.82, 2.24) is 20.4 Å². The number of carbonyl (C=O) groups excluding carboxylic acids is 1. The van der Waals surface area contributed by atoms with Crippen molar-refractivity contribution in [3.63, 3.8) is 0 Å². The fraction of sp³-hybridized carbons (Fsp3) is 0.263. The molecule has 3 aromatic rings. The van der Waals surface area contributed by atoms with Crippen LogP contribution in [-0.2, 0) is 11.3 Å². The van der Waals surface area contributed by atoms with Crippen LogP contribution in [0.1, 0.15) is 18.1 Å². The maximum atomic E-state index is 12.0. The SMILES string of the molecule is C/C(Cn1nnc2ccccc21)=N/NC(=O)COc1cc(C)c(Cl)c(C)c1. The molecule has 3 rings (SSSR count). The highest BCUT2D eigenvalue weighted by molar-refractivity contribution is 6.32. The summed E-state index contributed by atoms with van der Waals surface area (Å²) in [6.07, 6.45) is 0. The van der Waals surface area contributed by atoms with Crippen molar-refractivity contribution >= 4 is 34.3 Å². The topological polar surface area (TPSA) is 81.4 Å². The van der Waals surface area contributed by atoms with E-state index in [0.717, 1.165) is 22.2 Å². The molecule has 7 nitrogen and oxygen atoms in total. The average Bonchev–Trinajstić information content (AvgIpc) is 3.05. The lowest BCUT2D eigenvalue weighted by molar-refractivity contribution is -0.123. The molecule has 140 valence electrons. The predicted molar refractivity (Wildman–Crippen MR) is 105 cm³/mol. The van der Waals surface area contributed by atoms with E-state index in [1.807, 2.05) is 45.0 Å². The number of carbonyl (C=O) groups is 1. The van der Waals surface area contributed by atoms with Crippen molar-refractivity contribution < 1.29 is 9.53 Å². The molecule has 1 N–H and O–H groups in total. The van der Waals surface area contributed by atoms with Gasteiger partial charge in [0.25, 0.3) is 5.91 Å². The molecule has 0 fully saturated rings. The van der Waals surface area contributed by atoms with E-state index in [0.29, 0.717) is 23.0 Å². The number of nitrogens with zero attached hydrogens (tertiary/aromatic N) is 4. The van der Waals surface area contributed by atoms with E-state index in [9.17, 15) is 4.79 Å². The summed E-state index contributed by atoms with van der Waals surface area (Å²) < 4.78 is 7.25. The molecule has 0 aliphatic heterocycles. The molecule has 0 bridgehead atoms. The summed E-state index contributed by atoms with van der Waals surface area (Å²) in [5.74, 6) is 0.252. The fourth-order valence-corrected chi connectivity index (χ4v) is 2.72. The van der Waals surface area contributed by atoms with Gasteiger partial charge in [0.2, 0.25) is 0 Å². The highest BCUT2D eigenvalue weighted by atomic mass is 35.5. The van der Waals surface area contributed by atoms with E-state index < -0.39 is 0 Å². The quantitative estimate of drug-likeness (QED) is 0.521.